The Morgan fingerprint density at radius 3 is 2.69 bits per heavy atom. The molecule has 0 bridgehead atoms. The quantitative estimate of drug-likeness (QED) is 0.301. The summed E-state index contributed by atoms with van der Waals surface area (Å²) in [4.78, 5) is 5.77. The standard InChI is InChI=1S/C9H15N3S/c1-5-6-12(8(2)3)9(13-4)11-7-10/h5,8H,1,6H2,2-4H3. The predicted molar refractivity (Wildman–Crippen MR) is 58.6 cm³/mol. The Balaban J connectivity index is 4.60. The van der Waals surface area contributed by atoms with Gasteiger partial charge in [0.05, 0.1) is 0 Å². The van der Waals surface area contributed by atoms with Crippen molar-refractivity contribution in [2.75, 3.05) is 12.8 Å². The normalized spacial score (nSPS) is 11.2. The van der Waals surface area contributed by atoms with Gasteiger partial charge >= 0.3 is 0 Å². The molecule has 3 nitrogen and oxygen atoms in total. The highest BCUT2D eigenvalue weighted by atomic mass is 32.2. The smallest absolute Gasteiger partial charge is 0.208 e. The number of nitrogens with zero attached hydrogens (tertiary/aromatic N) is 3. The highest BCUT2D eigenvalue weighted by Gasteiger charge is 2.11. The molecule has 0 saturated heterocycles. The van der Waals surface area contributed by atoms with E-state index in [1.807, 2.05) is 17.2 Å². The molecule has 4 heteroatoms. The Morgan fingerprint density at radius 1 is 1.77 bits per heavy atom. The van der Waals surface area contributed by atoms with Gasteiger partial charge < -0.3 is 4.90 Å². The van der Waals surface area contributed by atoms with Gasteiger partial charge in [0.15, 0.2) is 5.17 Å². The second kappa shape index (κ2) is 6.55. The van der Waals surface area contributed by atoms with Crippen LogP contribution in [0.1, 0.15) is 13.8 Å². The lowest BCUT2D eigenvalue weighted by molar-refractivity contribution is 0.391. The second-order valence-electron chi connectivity index (χ2n) is 2.73. The fourth-order valence-corrected chi connectivity index (χ4v) is 1.57. The van der Waals surface area contributed by atoms with Gasteiger partial charge in [0.1, 0.15) is 0 Å². The maximum Gasteiger partial charge on any atom is 0.208 e. The molecule has 0 aliphatic rings. The van der Waals surface area contributed by atoms with Crippen LogP contribution in [-0.2, 0) is 0 Å². The Hall–Kier alpha value is -0.950. The summed E-state index contributed by atoms with van der Waals surface area (Å²) >= 11 is 1.48. The average Bonchev–Trinajstić information content (AvgIpc) is 2.10. The first-order valence-corrected chi connectivity index (χ1v) is 5.28. The van der Waals surface area contributed by atoms with Crippen LogP contribution in [0.3, 0.4) is 0 Å². The van der Waals surface area contributed by atoms with E-state index in [0.717, 1.165) is 11.7 Å². The van der Waals surface area contributed by atoms with Gasteiger partial charge in [0.25, 0.3) is 0 Å². The summed E-state index contributed by atoms with van der Waals surface area (Å²) in [6, 6.07) is 0.331. The molecule has 0 amide bonds. The van der Waals surface area contributed by atoms with E-state index in [2.05, 4.69) is 25.4 Å². The third kappa shape index (κ3) is 4.00. The molecule has 0 radical (unpaired) electrons. The van der Waals surface area contributed by atoms with E-state index in [4.69, 9.17) is 5.26 Å². The summed E-state index contributed by atoms with van der Waals surface area (Å²) in [7, 11) is 0. The summed E-state index contributed by atoms with van der Waals surface area (Å²) in [6.07, 6.45) is 5.52. The zero-order valence-corrected chi connectivity index (χ0v) is 9.14. The largest absolute Gasteiger partial charge is 0.344 e. The first-order valence-electron chi connectivity index (χ1n) is 4.05. The summed E-state index contributed by atoms with van der Waals surface area (Å²) in [5, 5.41) is 9.21. The van der Waals surface area contributed by atoms with Crippen molar-refractivity contribution in [2.45, 2.75) is 19.9 Å². The lowest BCUT2D eigenvalue weighted by Gasteiger charge is -2.26. The number of nitriles is 1. The van der Waals surface area contributed by atoms with Crippen LogP contribution in [0.5, 0.6) is 0 Å². The molecular formula is C9H15N3S. The van der Waals surface area contributed by atoms with Gasteiger partial charge in [-0.05, 0) is 20.1 Å². The first kappa shape index (κ1) is 12.0. The van der Waals surface area contributed by atoms with E-state index >= 15 is 0 Å². The van der Waals surface area contributed by atoms with Crippen molar-refractivity contribution in [3.05, 3.63) is 12.7 Å². The predicted octanol–water partition coefficient (Wildman–Crippen LogP) is 2.08. The molecule has 0 aliphatic heterocycles. The number of hydrogen-bond acceptors (Lipinski definition) is 3. The Kier molecular flexibility index (Phi) is 6.07. The van der Waals surface area contributed by atoms with E-state index in [-0.39, 0.29) is 0 Å². The molecule has 0 rings (SSSR count). The minimum absolute atomic E-state index is 0.331. The number of aliphatic imine (C=N–C) groups is 1. The van der Waals surface area contributed by atoms with E-state index < -0.39 is 0 Å². The summed E-state index contributed by atoms with van der Waals surface area (Å²) < 4.78 is 0. The van der Waals surface area contributed by atoms with Gasteiger partial charge in [-0.25, -0.2) is 0 Å². The molecule has 72 valence electrons. The van der Waals surface area contributed by atoms with Crippen LogP contribution in [0.15, 0.2) is 17.6 Å². The van der Waals surface area contributed by atoms with E-state index in [1.54, 1.807) is 6.19 Å². The highest BCUT2D eigenvalue weighted by Crippen LogP contribution is 2.09. The Labute approximate surface area is 84.1 Å². The zero-order valence-electron chi connectivity index (χ0n) is 8.32. The molecule has 0 atom stereocenters. The zero-order chi connectivity index (χ0) is 10.3. The molecule has 13 heavy (non-hydrogen) atoms. The molecule has 0 fully saturated rings. The summed E-state index contributed by atoms with van der Waals surface area (Å²) in [5.74, 6) is 0. The van der Waals surface area contributed by atoms with Gasteiger partial charge in [-0.2, -0.15) is 5.26 Å². The van der Waals surface area contributed by atoms with Crippen molar-refractivity contribution in [2.24, 2.45) is 4.99 Å². The topological polar surface area (TPSA) is 39.4 Å². The lowest BCUT2D eigenvalue weighted by Crippen LogP contribution is -2.35. The van der Waals surface area contributed by atoms with Crippen LogP contribution in [0.2, 0.25) is 0 Å². The molecular weight excluding hydrogens is 182 g/mol. The number of rotatable bonds is 3. The fraction of sp³-hybridized carbons (Fsp3) is 0.556. The van der Waals surface area contributed by atoms with E-state index in [1.165, 1.54) is 11.8 Å². The summed E-state index contributed by atoms with van der Waals surface area (Å²) in [6.45, 7) is 8.52. The average molecular weight is 197 g/mol. The van der Waals surface area contributed by atoms with Crippen LogP contribution in [-0.4, -0.2) is 28.9 Å². The molecule has 0 unspecified atom stereocenters. The monoisotopic (exact) mass is 197 g/mol. The second-order valence-corrected chi connectivity index (χ2v) is 3.51. The number of amidine groups is 1. The summed E-state index contributed by atoms with van der Waals surface area (Å²) in [5.41, 5.74) is 0. The molecule has 0 aromatic heterocycles. The lowest BCUT2D eigenvalue weighted by atomic mass is 10.3. The van der Waals surface area contributed by atoms with Crippen molar-refractivity contribution in [1.82, 2.24) is 4.90 Å². The van der Waals surface area contributed by atoms with Crippen molar-refractivity contribution in [1.29, 1.82) is 5.26 Å². The van der Waals surface area contributed by atoms with Crippen LogP contribution >= 0.6 is 11.8 Å². The van der Waals surface area contributed by atoms with Gasteiger partial charge in [-0.1, -0.05) is 17.8 Å². The van der Waals surface area contributed by atoms with E-state index in [9.17, 15) is 0 Å². The first-order chi connectivity index (χ1) is 6.17. The fourth-order valence-electron chi connectivity index (χ4n) is 0.919. The molecule has 0 aliphatic carbocycles. The maximum absolute atomic E-state index is 8.46. The van der Waals surface area contributed by atoms with Crippen molar-refractivity contribution in [3.63, 3.8) is 0 Å². The third-order valence-electron chi connectivity index (χ3n) is 1.52. The van der Waals surface area contributed by atoms with Gasteiger partial charge in [0, 0.05) is 12.6 Å². The number of thioether (sulfide) groups is 1. The highest BCUT2D eigenvalue weighted by molar-refractivity contribution is 8.13. The minimum Gasteiger partial charge on any atom is -0.344 e. The van der Waals surface area contributed by atoms with Crippen molar-refractivity contribution < 1.29 is 0 Å². The van der Waals surface area contributed by atoms with Crippen LogP contribution < -0.4 is 0 Å². The van der Waals surface area contributed by atoms with E-state index in [0.29, 0.717) is 6.04 Å². The Morgan fingerprint density at radius 2 is 2.38 bits per heavy atom. The molecule has 0 heterocycles. The molecule has 0 spiro atoms. The molecule has 0 aromatic rings. The molecule has 0 saturated carbocycles. The third-order valence-corrected chi connectivity index (χ3v) is 2.21. The SMILES string of the molecule is C=CCN(C(=NC#N)SC)C(C)C. The van der Waals surface area contributed by atoms with Gasteiger partial charge in [0.2, 0.25) is 6.19 Å². The van der Waals surface area contributed by atoms with Crippen molar-refractivity contribution in [3.8, 4) is 6.19 Å². The van der Waals surface area contributed by atoms with Crippen LogP contribution in [0.25, 0.3) is 0 Å². The molecule has 0 N–H and O–H groups in total. The molecule has 0 aromatic carbocycles. The van der Waals surface area contributed by atoms with Crippen molar-refractivity contribution >= 4 is 16.9 Å². The number of hydrogen-bond donors (Lipinski definition) is 0. The Bertz CT molecular complexity index is 228. The van der Waals surface area contributed by atoms with Gasteiger partial charge in [-0.15, -0.1) is 11.6 Å². The van der Waals surface area contributed by atoms with Crippen LogP contribution in [0, 0.1) is 11.5 Å². The van der Waals surface area contributed by atoms with Gasteiger partial charge in [-0.3, -0.25) is 0 Å². The maximum atomic E-state index is 8.46. The van der Waals surface area contributed by atoms with Crippen LogP contribution in [0.4, 0.5) is 0 Å². The minimum atomic E-state index is 0.331.